The van der Waals surface area contributed by atoms with Crippen molar-refractivity contribution in [2.75, 3.05) is 0 Å². The lowest BCUT2D eigenvalue weighted by Gasteiger charge is -2.34. The lowest BCUT2D eigenvalue weighted by molar-refractivity contribution is 0.591. The molecule has 11 rings (SSSR count). The van der Waals surface area contributed by atoms with Crippen LogP contribution >= 0.6 is 0 Å². The summed E-state index contributed by atoms with van der Waals surface area (Å²) in [5.41, 5.74) is 21.7. The minimum absolute atomic E-state index is 0.0134. The van der Waals surface area contributed by atoms with Gasteiger partial charge in [0.25, 0.3) is 6.71 Å². The Balaban J connectivity index is 1.29. The molecule has 0 fully saturated rings. The minimum atomic E-state index is 0.0134. The maximum atomic E-state index is 4.02. The molecule has 0 atom stereocenters. The molecule has 0 N–H and O–H groups in total. The fraction of sp³-hybridized carbons (Fsp3) is 0.148. The predicted octanol–water partition coefficient (Wildman–Crippen LogP) is 12.2. The van der Waals surface area contributed by atoms with E-state index in [1.165, 1.54) is 105 Å². The summed E-state index contributed by atoms with van der Waals surface area (Å²) in [7, 11) is 0. The van der Waals surface area contributed by atoms with E-state index >= 15 is 0 Å². The van der Waals surface area contributed by atoms with Crippen molar-refractivity contribution in [3.63, 3.8) is 0 Å². The lowest BCUT2D eigenvalue weighted by atomic mass is 9.34. The summed E-state index contributed by atoms with van der Waals surface area (Å²) in [5, 5.41) is 5.27. The van der Waals surface area contributed by atoms with E-state index in [0.29, 0.717) is 0 Å². The smallest absolute Gasteiger partial charge is 0.252 e. The van der Waals surface area contributed by atoms with Gasteiger partial charge in [0.15, 0.2) is 0 Å². The SMILES string of the molecule is C=Cc1ccc(-c2ccc3c4c2c2cc(C(C)(C)C)ccc2n4-c2cccc4c2B3c2ccc(-c3ccc(C=C)cc3)c3c5cc(C(C)(C)C)ccc5n-4c23)cc1. The van der Waals surface area contributed by atoms with Crippen LogP contribution in [0.3, 0.4) is 0 Å². The predicted molar refractivity (Wildman–Crippen MR) is 248 cm³/mol. The van der Waals surface area contributed by atoms with Crippen LogP contribution in [0.25, 0.3) is 89.4 Å². The minimum Gasteiger partial charge on any atom is -0.310 e. The zero-order valence-corrected chi connectivity index (χ0v) is 33.7. The summed E-state index contributed by atoms with van der Waals surface area (Å²) >= 11 is 0. The molecule has 0 radical (unpaired) electrons. The van der Waals surface area contributed by atoms with Gasteiger partial charge in [-0.1, -0.05) is 158 Å². The van der Waals surface area contributed by atoms with E-state index in [2.05, 4.69) is 191 Å². The third-order valence-electron chi connectivity index (χ3n) is 13.0. The van der Waals surface area contributed by atoms with Gasteiger partial charge in [0.05, 0.1) is 11.0 Å². The number of benzene rings is 7. The van der Waals surface area contributed by atoms with E-state index < -0.39 is 0 Å². The van der Waals surface area contributed by atoms with E-state index in [9.17, 15) is 0 Å². The molecule has 3 heteroatoms. The first-order valence-corrected chi connectivity index (χ1v) is 20.3. The van der Waals surface area contributed by atoms with Crippen molar-refractivity contribution < 1.29 is 0 Å². The highest BCUT2D eigenvalue weighted by Crippen LogP contribution is 2.45. The molecule has 0 unspecified atom stereocenters. The van der Waals surface area contributed by atoms with E-state index in [4.69, 9.17) is 0 Å². The second-order valence-electron chi connectivity index (χ2n) is 18.3. The maximum absolute atomic E-state index is 4.02. The zero-order valence-electron chi connectivity index (χ0n) is 33.7. The normalized spacial score (nSPS) is 13.2. The fourth-order valence-corrected chi connectivity index (χ4v) is 10.0. The third-order valence-corrected chi connectivity index (χ3v) is 13.0. The first kappa shape index (κ1) is 34.0. The monoisotopic (exact) mass is 732 g/mol. The molecule has 0 bridgehead atoms. The Kier molecular flexibility index (Phi) is 6.92. The van der Waals surface area contributed by atoms with Gasteiger partial charge >= 0.3 is 0 Å². The van der Waals surface area contributed by atoms with Gasteiger partial charge < -0.3 is 9.13 Å². The topological polar surface area (TPSA) is 9.86 Å². The number of hydrogen-bond donors (Lipinski definition) is 0. The molecule has 274 valence electrons. The molecule has 9 aromatic rings. The molecule has 0 aliphatic carbocycles. The number of rotatable bonds is 4. The van der Waals surface area contributed by atoms with Crippen molar-refractivity contribution in [2.45, 2.75) is 52.4 Å². The molecule has 0 spiro atoms. The van der Waals surface area contributed by atoms with Crippen LogP contribution < -0.4 is 16.4 Å². The maximum Gasteiger partial charge on any atom is 0.252 e. The number of hydrogen-bond acceptors (Lipinski definition) is 0. The molecule has 2 nitrogen and oxygen atoms in total. The van der Waals surface area contributed by atoms with Gasteiger partial charge in [0.2, 0.25) is 0 Å². The first-order valence-electron chi connectivity index (χ1n) is 20.3. The Hall–Kier alpha value is -6.32. The molecule has 0 amide bonds. The van der Waals surface area contributed by atoms with Crippen molar-refractivity contribution in [1.29, 1.82) is 0 Å². The van der Waals surface area contributed by atoms with Crippen LogP contribution in [0.4, 0.5) is 0 Å². The second kappa shape index (κ2) is 11.6. The van der Waals surface area contributed by atoms with Gasteiger partial charge in [-0.15, -0.1) is 0 Å². The summed E-state index contributed by atoms with van der Waals surface area (Å²) in [6.45, 7) is 22.0. The van der Waals surface area contributed by atoms with Crippen LogP contribution in [0.5, 0.6) is 0 Å². The van der Waals surface area contributed by atoms with E-state index in [-0.39, 0.29) is 17.5 Å². The molecular weight excluding hydrogens is 687 g/mol. The van der Waals surface area contributed by atoms with E-state index in [1.807, 2.05) is 12.2 Å². The van der Waals surface area contributed by atoms with Crippen LogP contribution in [0, 0.1) is 0 Å². The van der Waals surface area contributed by atoms with Crippen LogP contribution in [-0.4, -0.2) is 15.8 Å². The second-order valence-corrected chi connectivity index (χ2v) is 18.3. The van der Waals surface area contributed by atoms with Crippen molar-refractivity contribution in [1.82, 2.24) is 9.13 Å². The highest BCUT2D eigenvalue weighted by molar-refractivity contribution is 7.00. The number of fused-ring (bicyclic) bond motifs is 10. The van der Waals surface area contributed by atoms with Gasteiger partial charge in [-0.3, -0.25) is 0 Å². The average molecular weight is 733 g/mol. The molecule has 2 aliphatic rings. The average Bonchev–Trinajstić information content (AvgIpc) is 3.75. The first-order chi connectivity index (χ1) is 27.5. The molecule has 2 aromatic heterocycles. The quantitative estimate of drug-likeness (QED) is 0.160. The molecule has 0 saturated carbocycles. The fourth-order valence-electron chi connectivity index (χ4n) is 10.0. The Bertz CT molecular complexity index is 3000. The molecule has 0 saturated heterocycles. The van der Waals surface area contributed by atoms with Crippen molar-refractivity contribution in [3.8, 4) is 33.6 Å². The van der Waals surface area contributed by atoms with Crippen LogP contribution in [0.1, 0.15) is 63.8 Å². The summed E-state index contributed by atoms with van der Waals surface area (Å²) in [4.78, 5) is 0. The van der Waals surface area contributed by atoms with Crippen molar-refractivity contribution in [3.05, 3.63) is 163 Å². The Morgan fingerprint density at radius 1 is 0.491 bits per heavy atom. The standard InChI is InChI=1S/C54H45BN2/c1-9-32-14-18-34(19-15-32)38-24-26-42-51-48(38)40-30-36(53(3,4)5)22-28-44(40)56(51)46-12-11-13-47-50(46)55(42)43-27-25-39(35-20-16-33(10-2)17-21-35)49-41-31-37(54(6,7)8)23-29-45(41)57(47)52(43)49/h9-31H,1-2H2,3-8H3. The number of aromatic nitrogens is 2. The highest BCUT2D eigenvalue weighted by atomic mass is 15.0. The lowest BCUT2D eigenvalue weighted by Crippen LogP contribution is -2.59. The molecule has 4 heterocycles. The largest absolute Gasteiger partial charge is 0.310 e. The molecule has 7 aromatic carbocycles. The molecular formula is C54H45BN2. The van der Waals surface area contributed by atoms with Gasteiger partial charge in [-0.05, 0) is 108 Å². The van der Waals surface area contributed by atoms with Crippen molar-refractivity contribution >= 4 is 78.9 Å². The Morgan fingerprint density at radius 2 is 0.912 bits per heavy atom. The van der Waals surface area contributed by atoms with Gasteiger partial charge in [-0.25, -0.2) is 0 Å². The number of nitrogens with zero attached hydrogens (tertiary/aromatic N) is 2. The Labute approximate surface area is 335 Å². The summed E-state index contributed by atoms with van der Waals surface area (Å²) < 4.78 is 5.18. The summed E-state index contributed by atoms with van der Waals surface area (Å²) in [6, 6.07) is 48.8. The van der Waals surface area contributed by atoms with Crippen molar-refractivity contribution in [2.24, 2.45) is 0 Å². The van der Waals surface area contributed by atoms with E-state index in [1.54, 1.807) is 0 Å². The molecule has 57 heavy (non-hydrogen) atoms. The molecule has 2 aliphatic heterocycles. The van der Waals surface area contributed by atoms with Crippen LogP contribution in [0.15, 0.2) is 141 Å². The van der Waals surface area contributed by atoms with Gasteiger partial charge in [-0.2, -0.15) is 0 Å². The highest BCUT2D eigenvalue weighted by Gasteiger charge is 2.41. The summed E-state index contributed by atoms with van der Waals surface area (Å²) in [6.07, 6.45) is 3.84. The van der Waals surface area contributed by atoms with Gasteiger partial charge in [0, 0.05) is 44.0 Å². The van der Waals surface area contributed by atoms with Gasteiger partial charge in [0.1, 0.15) is 0 Å². The van der Waals surface area contributed by atoms with E-state index in [0.717, 1.165) is 11.1 Å². The third kappa shape index (κ3) is 4.66. The zero-order chi connectivity index (χ0) is 39.1. The van der Waals surface area contributed by atoms with Crippen LogP contribution in [-0.2, 0) is 10.8 Å². The Morgan fingerprint density at radius 3 is 1.30 bits per heavy atom. The van der Waals surface area contributed by atoms with Crippen LogP contribution in [0.2, 0.25) is 0 Å². The summed E-state index contributed by atoms with van der Waals surface area (Å²) in [5.74, 6) is 0.